The minimum absolute atomic E-state index is 0.751. The van der Waals surface area contributed by atoms with Crippen LogP contribution in [0, 0.1) is 0 Å². The highest BCUT2D eigenvalue weighted by Gasteiger charge is 2.32. The van der Waals surface area contributed by atoms with Crippen LogP contribution < -0.4 is 5.32 Å². The Morgan fingerprint density at radius 3 is 2.59 bits per heavy atom. The topological polar surface area (TPSA) is 44.3 Å². The van der Waals surface area contributed by atoms with E-state index in [-0.39, 0.29) is 0 Å². The van der Waals surface area contributed by atoms with Gasteiger partial charge in [-0.15, -0.1) is 0 Å². The first-order chi connectivity index (χ1) is 8.42. The zero-order valence-electron chi connectivity index (χ0n) is 10.0. The summed E-state index contributed by atoms with van der Waals surface area (Å²) in [6.45, 7) is 7.89. The van der Waals surface area contributed by atoms with E-state index in [4.69, 9.17) is 0 Å². The molecule has 2 saturated heterocycles. The number of rotatable bonds is 3. The molecule has 0 spiro atoms. The SMILES string of the molecule is c1cnc(CN2CC(N3CCNCC3)C2)nc1. The van der Waals surface area contributed by atoms with Gasteiger partial charge in [-0.3, -0.25) is 9.80 Å². The molecule has 1 N–H and O–H groups in total. The van der Waals surface area contributed by atoms with Crippen LogP contribution >= 0.6 is 0 Å². The van der Waals surface area contributed by atoms with Crippen molar-refractivity contribution in [3.8, 4) is 0 Å². The van der Waals surface area contributed by atoms with Gasteiger partial charge in [-0.25, -0.2) is 9.97 Å². The summed E-state index contributed by atoms with van der Waals surface area (Å²) >= 11 is 0. The van der Waals surface area contributed by atoms with E-state index in [1.807, 2.05) is 18.5 Å². The van der Waals surface area contributed by atoms with Crippen molar-refractivity contribution in [2.45, 2.75) is 12.6 Å². The van der Waals surface area contributed by atoms with Crippen LogP contribution in [0.25, 0.3) is 0 Å². The Balaban J connectivity index is 1.45. The van der Waals surface area contributed by atoms with Crippen LogP contribution in [0.2, 0.25) is 0 Å². The molecule has 17 heavy (non-hydrogen) atoms. The Kier molecular flexibility index (Phi) is 3.31. The number of likely N-dealkylation sites (tertiary alicyclic amines) is 1. The van der Waals surface area contributed by atoms with Gasteiger partial charge in [0, 0.05) is 57.7 Å². The molecular weight excluding hydrogens is 214 g/mol. The van der Waals surface area contributed by atoms with Crippen LogP contribution in [-0.2, 0) is 6.54 Å². The Morgan fingerprint density at radius 2 is 1.88 bits per heavy atom. The van der Waals surface area contributed by atoms with Gasteiger partial charge in [0.15, 0.2) is 0 Å². The first-order valence-electron chi connectivity index (χ1n) is 6.35. The van der Waals surface area contributed by atoms with Crippen LogP contribution in [0.5, 0.6) is 0 Å². The lowest BCUT2D eigenvalue weighted by atomic mass is 10.1. The van der Waals surface area contributed by atoms with Gasteiger partial charge in [0.05, 0.1) is 6.54 Å². The molecule has 1 aromatic rings. The summed E-state index contributed by atoms with van der Waals surface area (Å²) in [6, 6.07) is 2.61. The minimum atomic E-state index is 0.751. The minimum Gasteiger partial charge on any atom is -0.314 e. The molecule has 0 bridgehead atoms. The van der Waals surface area contributed by atoms with Gasteiger partial charge in [0.25, 0.3) is 0 Å². The normalized spacial score (nSPS) is 23.5. The van der Waals surface area contributed by atoms with Gasteiger partial charge >= 0.3 is 0 Å². The van der Waals surface area contributed by atoms with E-state index in [9.17, 15) is 0 Å². The number of piperazine rings is 1. The highest BCUT2D eigenvalue weighted by molar-refractivity contribution is 4.94. The summed E-state index contributed by atoms with van der Waals surface area (Å²) in [5, 5.41) is 3.39. The third-order valence-corrected chi connectivity index (χ3v) is 3.59. The van der Waals surface area contributed by atoms with E-state index in [1.165, 1.54) is 13.1 Å². The Bertz CT molecular complexity index is 343. The van der Waals surface area contributed by atoms with E-state index in [2.05, 4.69) is 25.1 Å². The van der Waals surface area contributed by atoms with Crippen LogP contribution in [-0.4, -0.2) is 65.1 Å². The monoisotopic (exact) mass is 233 g/mol. The lowest BCUT2D eigenvalue weighted by Crippen LogP contribution is -2.62. The number of hydrogen-bond donors (Lipinski definition) is 1. The average molecular weight is 233 g/mol. The standard InChI is InChI=1S/C12H19N5/c1-2-14-12(15-3-1)10-16-8-11(9-16)17-6-4-13-5-7-17/h1-3,11,13H,4-10H2. The fourth-order valence-electron chi connectivity index (χ4n) is 2.56. The van der Waals surface area contributed by atoms with E-state index >= 15 is 0 Å². The van der Waals surface area contributed by atoms with Gasteiger partial charge in [0.1, 0.15) is 5.82 Å². The molecular formula is C12H19N5. The Labute approximate surface area is 102 Å². The molecule has 0 radical (unpaired) electrons. The molecule has 2 aliphatic heterocycles. The smallest absolute Gasteiger partial charge is 0.142 e. The summed E-state index contributed by atoms with van der Waals surface area (Å²) in [5.41, 5.74) is 0. The molecule has 2 fully saturated rings. The second-order valence-corrected chi connectivity index (χ2v) is 4.80. The van der Waals surface area contributed by atoms with E-state index < -0.39 is 0 Å². The average Bonchev–Trinajstić information content (AvgIpc) is 2.36. The summed E-state index contributed by atoms with van der Waals surface area (Å²) in [5.74, 6) is 0.936. The Morgan fingerprint density at radius 1 is 1.18 bits per heavy atom. The van der Waals surface area contributed by atoms with Gasteiger partial charge in [-0.1, -0.05) is 0 Å². The predicted octanol–water partition coefficient (Wildman–Crippen LogP) is -0.434. The molecule has 0 unspecified atom stereocenters. The fourth-order valence-corrected chi connectivity index (χ4v) is 2.56. The van der Waals surface area contributed by atoms with Gasteiger partial charge in [-0.2, -0.15) is 0 Å². The maximum absolute atomic E-state index is 4.26. The van der Waals surface area contributed by atoms with Crippen molar-refractivity contribution in [1.29, 1.82) is 0 Å². The molecule has 1 aromatic heterocycles. The quantitative estimate of drug-likeness (QED) is 0.767. The largest absolute Gasteiger partial charge is 0.314 e. The van der Waals surface area contributed by atoms with Crippen LogP contribution in [0.1, 0.15) is 5.82 Å². The third kappa shape index (κ3) is 2.62. The van der Waals surface area contributed by atoms with Crippen molar-refractivity contribution < 1.29 is 0 Å². The molecule has 0 aromatic carbocycles. The lowest BCUT2D eigenvalue weighted by Gasteiger charge is -2.46. The van der Waals surface area contributed by atoms with E-state index in [0.29, 0.717) is 0 Å². The van der Waals surface area contributed by atoms with Crippen molar-refractivity contribution in [1.82, 2.24) is 25.1 Å². The first kappa shape index (κ1) is 11.1. The summed E-state index contributed by atoms with van der Waals surface area (Å²) in [4.78, 5) is 13.5. The van der Waals surface area contributed by atoms with E-state index in [1.54, 1.807) is 0 Å². The molecule has 0 atom stereocenters. The first-order valence-corrected chi connectivity index (χ1v) is 6.35. The maximum atomic E-state index is 4.26. The molecule has 5 nitrogen and oxygen atoms in total. The Hall–Kier alpha value is -1.04. The lowest BCUT2D eigenvalue weighted by molar-refractivity contribution is 0.0208. The molecule has 5 heteroatoms. The molecule has 92 valence electrons. The van der Waals surface area contributed by atoms with Crippen LogP contribution in [0.15, 0.2) is 18.5 Å². The predicted molar refractivity (Wildman–Crippen MR) is 65.5 cm³/mol. The summed E-state index contributed by atoms with van der Waals surface area (Å²) < 4.78 is 0. The second kappa shape index (κ2) is 5.08. The van der Waals surface area contributed by atoms with Crippen molar-refractivity contribution in [2.75, 3.05) is 39.3 Å². The van der Waals surface area contributed by atoms with Crippen LogP contribution in [0.3, 0.4) is 0 Å². The van der Waals surface area contributed by atoms with Crippen molar-refractivity contribution in [3.05, 3.63) is 24.3 Å². The van der Waals surface area contributed by atoms with E-state index in [0.717, 1.165) is 44.6 Å². The molecule has 3 heterocycles. The molecule has 2 aliphatic rings. The summed E-state index contributed by atoms with van der Waals surface area (Å²) in [7, 11) is 0. The summed E-state index contributed by atoms with van der Waals surface area (Å²) in [6.07, 6.45) is 3.63. The zero-order valence-corrected chi connectivity index (χ0v) is 10.0. The maximum Gasteiger partial charge on any atom is 0.142 e. The van der Waals surface area contributed by atoms with Crippen molar-refractivity contribution in [2.24, 2.45) is 0 Å². The molecule has 0 amide bonds. The second-order valence-electron chi connectivity index (χ2n) is 4.80. The van der Waals surface area contributed by atoms with Crippen molar-refractivity contribution in [3.63, 3.8) is 0 Å². The number of aromatic nitrogens is 2. The number of nitrogens with one attached hydrogen (secondary N) is 1. The zero-order chi connectivity index (χ0) is 11.5. The number of nitrogens with zero attached hydrogens (tertiary/aromatic N) is 4. The molecule has 0 aliphatic carbocycles. The van der Waals surface area contributed by atoms with Gasteiger partial charge < -0.3 is 5.32 Å². The molecule has 0 saturated carbocycles. The van der Waals surface area contributed by atoms with Crippen molar-refractivity contribution >= 4 is 0 Å². The molecule has 3 rings (SSSR count). The number of hydrogen-bond acceptors (Lipinski definition) is 5. The fraction of sp³-hybridized carbons (Fsp3) is 0.667. The van der Waals surface area contributed by atoms with Crippen LogP contribution in [0.4, 0.5) is 0 Å². The van der Waals surface area contributed by atoms with Gasteiger partial charge in [-0.05, 0) is 6.07 Å². The highest BCUT2D eigenvalue weighted by Crippen LogP contribution is 2.16. The highest BCUT2D eigenvalue weighted by atomic mass is 15.3. The third-order valence-electron chi connectivity index (χ3n) is 3.59. The van der Waals surface area contributed by atoms with Gasteiger partial charge in [0.2, 0.25) is 0 Å².